The van der Waals surface area contributed by atoms with E-state index in [2.05, 4.69) is 4.74 Å². The molecular weight excluding hydrogens is 487 g/mol. The number of aromatic nitrogens is 1. The molecule has 0 spiro atoms. The topological polar surface area (TPSA) is 77.8 Å². The Morgan fingerprint density at radius 3 is 2.31 bits per heavy atom. The van der Waals surface area contributed by atoms with Crippen molar-refractivity contribution in [2.45, 2.75) is 44.9 Å². The Morgan fingerprint density at radius 1 is 1.14 bits per heavy atom. The molecule has 186 valence electrons. The fourth-order valence-electron chi connectivity index (χ4n) is 5.03. The Hall–Kier alpha value is -3.20. The van der Waals surface area contributed by atoms with Gasteiger partial charge in [-0.15, -0.1) is 13.2 Å². The summed E-state index contributed by atoms with van der Waals surface area (Å²) in [5, 5.41) is 11.0. The summed E-state index contributed by atoms with van der Waals surface area (Å²) < 4.78 is 48.1. The van der Waals surface area contributed by atoms with Gasteiger partial charge in [0.2, 0.25) is 0 Å². The van der Waals surface area contributed by atoms with E-state index in [1.807, 2.05) is 0 Å². The number of benzene rings is 2. The minimum atomic E-state index is -4.85. The third-order valence-corrected chi connectivity index (χ3v) is 6.81. The molecule has 0 radical (unpaired) electrons. The average molecular weight is 510 g/mol. The molecule has 1 N–H and O–H groups in total. The number of hydrogen-bond acceptors (Lipinski definition) is 4. The lowest BCUT2D eigenvalue weighted by molar-refractivity contribution is -0.274. The van der Waals surface area contributed by atoms with Crippen molar-refractivity contribution >= 4 is 34.4 Å². The Bertz CT molecular complexity index is 1280. The number of carboxylic acid groups (broad SMARTS) is 1. The van der Waals surface area contributed by atoms with Crippen LogP contribution in [-0.4, -0.2) is 35.0 Å². The molecule has 1 atom stereocenters. The van der Waals surface area contributed by atoms with Crippen LogP contribution in [0.5, 0.6) is 11.5 Å². The first-order valence-corrected chi connectivity index (χ1v) is 11.4. The summed E-state index contributed by atoms with van der Waals surface area (Å²) in [6.07, 6.45) is -1.44. The highest BCUT2D eigenvalue weighted by molar-refractivity contribution is 6.33. The molecule has 1 saturated carbocycles. The van der Waals surface area contributed by atoms with Crippen molar-refractivity contribution in [3.05, 3.63) is 58.2 Å². The van der Waals surface area contributed by atoms with Gasteiger partial charge >= 0.3 is 12.3 Å². The second-order valence-corrected chi connectivity index (χ2v) is 8.98. The van der Waals surface area contributed by atoms with E-state index < -0.39 is 29.9 Å². The molecule has 4 rings (SSSR count). The van der Waals surface area contributed by atoms with Crippen molar-refractivity contribution in [1.82, 2.24) is 4.57 Å². The van der Waals surface area contributed by atoms with Crippen molar-refractivity contribution in [3.8, 4) is 11.5 Å². The van der Waals surface area contributed by atoms with Gasteiger partial charge in [0.25, 0.3) is 5.91 Å². The number of aliphatic carboxylic acids is 1. The number of carbonyl (C=O) groups excluding carboxylic acids is 1. The van der Waals surface area contributed by atoms with Gasteiger partial charge in [-0.25, -0.2) is 0 Å². The van der Waals surface area contributed by atoms with Crippen LogP contribution in [0.3, 0.4) is 0 Å². The van der Waals surface area contributed by atoms with Crippen molar-refractivity contribution < 1.29 is 37.3 Å². The molecule has 0 aliphatic heterocycles. The molecule has 1 fully saturated rings. The monoisotopic (exact) mass is 509 g/mol. The largest absolute Gasteiger partial charge is 0.573 e. The van der Waals surface area contributed by atoms with Crippen LogP contribution in [0.2, 0.25) is 5.02 Å². The van der Waals surface area contributed by atoms with Gasteiger partial charge in [-0.05, 0) is 67.6 Å². The number of carboxylic acids is 1. The maximum atomic E-state index is 13.5. The molecule has 3 aromatic rings. The number of fused-ring (bicyclic) bond motifs is 1. The van der Waals surface area contributed by atoms with E-state index in [0.29, 0.717) is 27.9 Å². The molecule has 2 aromatic carbocycles. The van der Waals surface area contributed by atoms with E-state index in [-0.39, 0.29) is 16.5 Å². The average Bonchev–Trinajstić information content (AvgIpc) is 3.39. The molecule has 1 unspecified atom stereocenters. The smallest absolute Gasteiger partial charge is 0.495 e. The van der Waals surface area contributed by atoms with Crippen molar-refractivity contribution in [3.63, 3.8) is 0 Å². The van der Waals surface area contributed by atoms with Crippen LogP contribution in [0.1, 0.15) is 53.2 Å². The first-order chi connectivity index (χ1) is 16.5. The Labute approximate surface area is 204 Å². The minimum absolute atomic E-state index is 0.0826. The fraction of sp³-hybridized carbons (Fsp3) is 0.360. The first-order valence-electron chi connectivity index (χ1n) is 11.0. The first kappa shape index (κ1) is 24.9. The Kier molecular flexibility index (Phi) is 6.73. The summed E-state index contributed by atoms with van der Waals surface area (Å²) >= 11 is 6.35. The zero-order chi connectivity index (χ0) is 25.5. The Morgan fingerprint density at radius 2 is 1.77 bits per heavy atom. The quantitative estimate of drug-likeness (QED) is 0.407. The van der Waals surface area contributed by atoms with Gasteiger partial charge in [-0.1, -0.05) is 24.4 Å². The van der Waals surface area contributed by atoms with Crippen LogP contribution >= 0.6 is 11.6 Å². The van der Waals surface area contributed by atoms with E-state index in [1.165, 1.54) is 23.8 Å². The van der Waals surface area contributed by atoms with Crippen molar-refractivity contribution in [2.24, 2.45) is 5.92 Å². The summed E-state index contributed by atoms with van der Waals surface area (Å²) in [6.45, 7) is 1.67. The van der Waals surface area contributed by atoms with Crippen LogP contribution < -0.4 is 9.47 Å². The molecule has 1 aromatic heterocycles. The number of methoxy groups -OCH3 is 1. The maximum absolute atomic E-state index is 13.5. The van der Waals surface area contributed by atoms with Gasteiger partial charge in [-0.3, -0.25) is 14.2 Å². The van der Waals surface area contributed by atoms with Crippen molar-refractivity contribution in [1.29, 1.82) is 0 Å². The summed E-state index contributed by atoms with van der Waals surface area (Å²) in [4.78, 5) is 26.0. The lowest BCUT2D eigenvalue weighted by atomic mass is 9.83. The number of hydrogen-bond donors (Lipinski definition) is 1. The summed E-state index contributed by atoms with van der Waals surface area (Å²) in [5.74, 6) is -2.54. The van der Waals surface area contributed by atoms with E-state index in [4.69, 9.17) is 16.3 Å². The molecule has 0 amide bonds. The second kappa shape index (κ2) is 9.45. The standard InChI is InChI=1S/C25H23ClF3NO5/c1-13-21(22(24(32)33)14-5-3-4-6-14)17-11-20(34-2)18(26)12-19(17)30(13)23(31)15-7-9-16(10-8-15)35-25(27,28)29/h7-12,14,22H,3-6H2,1-2H3,(H,32,33). The van der Waals surface area contributed by atoms with Crippen LogP contribution in [0.15, 0.2) is 36.4 Å². The summed E-state index contributed by atoms with van der Waals surface area (Å²) in [5.41, 5.74) is 1.45. The van der Waals surface area contributed by atoms with Crippen LogP contribution in [-0.2, 0) is 4.79 Å². The van der Waals surface area contributed by atoms with Gasteiger partial charge in [0, 0.05) is 16.6 Å². The molecule has 6 nitrogen and oxygen atoms in total. The highest BCUT2D eigenvalue weighted by Gasteiger charge is 2.37. The lowest BCUT2D eigenvalue weighted by Gasteiger charge is -2.20. The molecule has 0 saturated heterocycles. The van der Waals surface area contributed by atoms with Gasteiger partial charge in [0.15, 0.2) is 0 Å². The molecule has 35 heavy (non-hydrogen) atoms. The molecule has 0 bridgehead atoms. The Balaban J connectivity index is 1.88. The molecule has 1 aliphatic carbocycles. The van der Waals surface area contributed by atoms with E-state index in [1.54, 1.807) is 19.1 Å². The molecule has 1 heterocycles. The fourth-order valence-corrected chi connectivity index (χ4v) is 5.27. The number of carbonyl (C=O) groups is 2. The third-order valence-electron chi connectivity index (χ3n) is 6.51. The number of nitrogens with zero attached hydrogens (tertiary/aromatic N) is 1. The summed E-state index contributed by atoms with van der Waals surface area (Å²) in [7, 11) is 1.44. The van der Waals surface area contributed by atoms with E-state index >= 15 is 0 Å². The number of ether oxygens (including phenoxy) is 2. The number of halogens is 4. The number of alkyl halides is 3. The minimum Gasteiger partial charge on any atom is -0.495 e. The summed E-state index contributed by atoms with van der Waals surface area (Å²) in [6, 6.07) is 7.73. The SMILES string of the molecule is COc1cc2c(C(C(=O)O)C3CCCC3)c(C)n(C(=O)c3ccc(OC(F)(F)F)cc3)c2cc1Cl. The zero-order valence-electron chi connectivity index (χ0n) is 19.0. The molecule has 1 aliphatic rings. The second-order valence-electron chi connectivity index (χ2n) is 8.58. The third kappa shape index (κ3) is 4.82. The molecule has 10 heteroatoms. The predicted molar refractivity (Wildman–Crippen MR) is 123 cm³/mol. The highest BCUT2D eigenvalue weighted by atomic mass is 35.5. The lowest BCUT2D eigenvalue weighted by Crippen LogP contribution is -2.21. The maximum Gasteiger partial charge on any atom is 0.573 e. The van der Waals surface area contributed by atoms with Crippen LogP contribution in [0, 0.1) is 12.8 Å². The van der Waals surface area contributed by atoms with Crippen LogP contribution in [0.4, 0.5) is 13.2 Å². The van der Waals surface area contributed by atoms with Gasteiger partial charge in [0.05, 0.1) is 23.6 Å². The number of rotatable bonds is 6. The zero-order valence-corrected chi connectivity index (χ0v) is 19.7. The normalized spacial score (nSPS) is 15.4. The van der Waals surface area contributed by atoms with Crippen LogP contribution in [0.25, 0.3) is 10.9 Å². The van der Waals surface area contributed by atoms with E-state index in [9.17, 15) is 27.9 Å². The van der Waals surface area contributed by atoms with E-state index in [0.717, 1.165) is 37.8 Å². The molecular formula is C25H23ClF3NO5. The highest BCUT2D eigenvalue weighted by Crippen LogP contribution is 2.44. The van der Waals surface area contributed by atoms with Crippen molar-refractivity contribution in [2.75, 3.05) is 7.11 Å². The van der Waals surface area contributed by atoms with Gasteiger partial charge in [0.1, 0.15) is 11.5 Å². The van der Waals surface area contributed by atoms with Gasteiger partial charge in [-0.2, -0.15) is 0 Å². The predicted octanol–water partition coefficient (Wildman–Crippen LogP) is 6.56. The van der Waals surface area contributed by atoms with Gasteiger partial charge < -0.3 is 14.6 Å².